The molecule has 3 nitrogen and oxygen atoms in total. The van der Waals surface area contributed by atoms with Crippen LogP contribution < -0.4 is 5.32 Å². The van der Waals surface area contributed by atoms with E-state index in [9.17, 15) is 0 Å². The molecule has 0 saturated heterocycles. The first kappa shape index (κ1) is 16.3. The van der Waals surface area contributed by atoms with Gasteiger partial charge in [0, 0.05) is 11.4 Å². The maximum atomic E-state index is 4.66. The predicted octanol–water partition coefficient (Wildman–Crippen LogP) is 4.83. The Balaban J connectivity index is 2.20. The Kier molecular flexibility index (Phi) is 6.06. The van der Waals surface area contributed by atoms with Crippen molar-refractivity contribution in [2.24, 2.45) is 0 Å². The Morgan fingerprint density at radius 1 is 1.19 bits per heavy atom. The highest BCUT2D eigenvalue weighted by atomic mass is 79.9. The van der Waals surface area contributed by atoms with E-state index in [4.69, 9.17) is 0 Å². The zero-order valence-corrected chi connectivity index (χ0v) is 15.0. The third-order valence-corrected chi connectivity index (χ3v) is 5.10. The Morgan fingerprint density at radius 2 is 1.95 bits per heavy atom. The summed E-state index contributed by atoms with van der Waals surface area (Å²) in [7, 11) is 0. The fourth-order valence-corrected chi connectivity index (χ4v) is 3.47. The number of benzene rings is 1. The number of nitrogens with zero attached hydrogens (tertiary/aromatic N) is 2. The number of nitrogens with one attached hydrogen (secondary N) is 1. The molecule has 0 fully saturated rings. The third-order valence-electron chi connectivity index (χ3n) is 3.10. The maximum absolute atomic E-state index is 4.66. The molecule has 2 aromatic rings. The quantitative estimate of drug-likeness (QED) is 0.743. The molecule has 1 aromatic heterocycles. The second-order valence-corrected chi connectivity index (χ2v) is 6.50. The number of hydrogen-bond donors (Lipinski definition) is 1. The van der Waals surface area contributed by atoms with Crippen LogP contribution >= 0.6 is 27.7 Å². The van der Waals surface area contributed by atoms with E-state index in [0.717, 1.165) is 40.5 Å². The zero-order valence-electron chi connectivity index (χ0n) is 12.6. The predicted molar refractivity (Wildman–Crippen MR) is 94.0 cm³/mol. The number of anilines is 1. The first-order valence-electron chi connectivity index (χ1n) is 7.13. The molecular formula is C16H20BrN3S. The van der Waals surface area contributed by atoms with Crippen molar-refractivity contribution in [1.82, 2.24) is 9.97 Å². The molecule has 0 aliphatic rings. The highest BCUT2D eigenvalue weighted by molar-refractivity contribution is 9.10. The number of aryl methyl sites for hydroxylation is 2. The topological polar surface area (TPSA) is 37.8 Å². The summed E-state index contributed by atoms with van der Waals surface area (Å²) < 4.78 is 0.983. The Labute approximate surface area is 139 Å². The van der Waals surface area contributed by atoms with Crippen molar-refractivity contribution in [2.45, 2.75) is 37.8 Å². The first-order chi connectivity index (χ1) is 10.2. The summed E-state index contributed by atoms with van der Waals surface area (Å²) in [5.41, 5.74) is 2.35. The van der Waals surface area contributed by atoms with Gasteiger partial charge in [-0.25, -0.2) is 9.97 Å². The monoisotopic (exact) mass is 365 g/mol. The van der Waals surface area contributed by atoms with Crippen LogP contribution in [-0.4, -0.2) is 16.5 Å². The molecular weight excluding hydrogens is 346 g/mol. The lowest BCUT2D eigenvalue weighted by Gasteiger charge is -2.11. The molecule has 112 valence electrons. The lowest BCUT2D eigenvalue weighted by Crippen LogP contribution is -2.07. The Morgan fingerprint density at radius 3 is 2.62 bits per heavy atom. The summed E-state index contributed by atoms with van der Waals surface area (Å²) >= 11 is 5.37. The van der Waals surface area contributed by atoms with Crippen molar-refractivity contribution in [2.75, 3.05) is 11.9 Å². The highest BCUT2D eigenvalue weighted by Gasteiger charge is 2.11. The van der Waals surface area contributed by atoms with Crippen LogP contribution in [0.25, 0.3) is 0 Å². The molecule has 5 heteroatoms. The minimum Gasteiger partial charge on any atom is -0.369 e. The van der Waals surface area contributed by atoms with E-state index in [2.05, 4.69) is 76.3 Å². The van der Waals surface area contributed by atoms with E-state index in [0.29, 0.717) is 0 Å². The van der Waals surface area contributed by atoms with Crippen LogP contribution in [0.2, 0.25) is 0 Å². The van der Waals surface area contributed by atoms with E-state index in [-0.39, 0.29) is 0 Å². The van der Waals surface area contributed by atoms with Gasteiger partial charge < -0.3 is 5.32 Å². The molecule has 1 N–H and O–H groups in total. The molecule has 0 amide bonds. The van der Waals surface area contributed by atoms with E-state index >= 15 is 0 Å². The molecule has 0 bridgehead atoms. The molecule has 0 aliphatic heterocycles. The van der Waals surface area contributed by atoms with Crippen LogP contribution in [0, 0.1) is 6.92 Å². The molecule has 0 unspecified atom stereocenters. The molecule has 0 spiro atoms. The van der Waals surface area contributed by atoms with Gasteiger partial charge in [0.05, 0.1) is 15.9 Å². The van der Waals surface area contributed by atoms with E-state index in [1.54, 1.807) is 11.8 Å². The fourth-order valence-electron chi connectivity index (χ4n) is 1.99. The molecule has 0 atom stereocenters. The van der Waals surface area contributed by atoms with Gasteiger partial charge in [0.1, 0.15) is 11.6 Å². The van der Waals surface area contributed by atoms with Gasteiger partial charge in [-0.05, 0) is 47.8 Å². The summed E-state index contributed by atoms with van der Waals surface area (Å²) in [6.45, 7) is 7.17. The molecule has 1 heterocycles. The van der Waals surface area contributed by atoms with Crippen LogP contribution in [-0.2, 0) is 12.2 Å². The first-order valence-corrected chi connectivity index (χ1v) is 8.91. The van der Waals surface area contributed by atoms with Crippen LogP contribution in [0.4, 0.5) is 5.82 Å². The van der Waals surface area contributed by atoms with E-state index in [1.165, 1.54) is 10.5 Å². The summed E-state index contributed by atoms with van der Waals surface area (Å²) in [5.74, 6) is 2.55. The van der Waals surface area contributed by atoms with Gasteiger partial charge in [0.15, 0.2) is 0 Å². The van der Waals surface area contributed by atoms with Crippen LogP contribution in [0.5, 0.6) is 0 Å². The lowest BCUT2D eigenvalue weighted by atomic mass is 10.2. The maximum Gasteiger partial charge on any atom is 0.144 e. The molecule has 2 rings (SSSR count). The summed E-state index contributed by atoms with van der Waals surface area (Å²) in [6.07, 6.45) is 0.892. The van der Waals surface area contributed by atoms with Gasteiger partial charge in [-0.15, -0.1) is 11.8 Å². The van der Waals surface area contributed by atoms with Gasteiger partial charge >= 0.3 is 0 Å². The molecule has 0 saturated carbocycles. The number of hydrogen-bond acceptors (Lipinski definition) is 4. The van der Waals surface area contributed by atoms with E-state index in [1.807, 2.05) is 0 Å². The standard InChI is InChI=1S/C16H20BrN3S/c1-4-12-15(17)16(18-5-2)20-14(19-12)10-21-13-9-7-6-8-11(13)3/h6-9H,4-5,10H2,1-3H3,(H,18,19,20). The second-order valence-electron chi connectivity index (χ2n) is 4.69. The minimum atomic E-state index is 0.781. The third kappa shape index (κ3) is 4.20. The largest absolute Gasteiger partial charge is 0.369 e. The number of halogens is 1. The smallest absolute Gasteiger partial charge is 0.144 e. The highest BCUT2D eigenvalue weighted by Crippen LogP contribution is 2.28. The van der Waals surface area contributed by atoms with Crippen LogP contribution in [0.1, 0.15) is 30.9 Å². The van der Waals surface area contributed by atoms with Crippen molar-refractivity contribution in [3.8, 4) is 0 Å². The van der Waals surface area contributed by atoms with Crippen molar-refractivity contribution in [3.63, 3.8) is 0 Å². The van der Waals surface area contributed by atoms with Crippen molar-refractivity contribution < 1.29 is 0 Å². The summed E-state index contributed by atoms with van der Waals surface area (Å²) in [5, 5.41) is 3.29. The van der Waals surface area contributed by atoms with Crippen LogP contribution in [0.15, 0.2) is 33.6 Å². The van der Waals surface area contributed by atoms with E-state index < -0.39 is 0 Å². The van der Waals surface area contributed by atoms with Gasteiger partial charge in [0.25, 0.3) is 0 Å². The SMILES string of the molecule is CCNc1nc(CSc2ccccc2C)nc(CC)c1Br. The van der Waals surface area contributed by atoms with Gasteiger partial charge in [-0.3, -0.25) is 0 Å². The van der Waals surface area contributed by atoms with Crippen molar-refractivity contribution in [3.05, 3.63) is 45.8 Å². The number of aromatic nitrogens is 2. The zero-order chi connectivity index (χ0) is 15.2. The van der Waals surface area contributed by atoms with Gasteiger partial charge in [-0.1, -0.05) is 25.1 Å². The number of rotatable bonds is 6. The summed E-state index contributed by atoms with van der Waals surface area (Å²) in [6, 6.07) is 8.41. The van der Waals surface area contributed by atoms with Crippen LogP contribution in [0.3, 0.4) is 0 Å². The molecule has 0 radical (unpaired) electrons. The summed E-state index contributed by atoms with van der Waals surface area (Å²) in [4.78, 5) is 10.6. The lowest BCUT2D eigenvalue weighted by molar-refractivity contribution is 0.924. The average molecular weight is 366 g/mol. The average Bonchev–Trinajstić information content (AvgIpc) is 2.49. The van der Waals surface area contributed by atoms with Crippen molar-refractivity contribution in [1.29, 1.82) is 0 Å². The Hall–Kier alpha value is -1.07. The van der Waals surface area contributed by atoms with Crippen molar-refractivity contribution >= 4 is 33.5 Å². The van der Waals surface area contributed by atoms with Gasteiger partial charge in [0.2, 0.25) is 0 Å². The molecule has 1 aromatic carbocycles. The Bertz CT molecular complexity index is 616. The fraction of sp³-hybridized carbons (Fsp3) is 0.375. The molecule has 0 aliphatic carbocycles. The minimum absolute atomic E-state index is 0.781. The number of thioether (sulfide) groups is 1. The second kappa shape index (κ2) is 7.80. The molecule has 21 heavy (non-hydrogen) atoms. The van der Waals surface area contributed by atoms with Gasteiger partial charge in [-0.2, -0.15) is 0 Å². The normalized spacial score (nSPS) is 10.7.